The normalized spacial score (nSPS) is 16.2. The molecule has 1 fully saturated rings. The number of amides is 1. The standard InChI is InChI=1S/C16H24N2O/c1-12-4-8-15(9-5-12)13(2)18(3)16(19)11-17-10-14-6-7-14/h4-5,8-9,13-14,17H,6-7,10-11H2,1-3H3. The van der Waals surface area contributed by atoms with Crippen molar-refractivity contribution in [1.29, 1.82) is 0 Å². The van der Waals surface area contributed by atoms with E-state index in [0.29, 0.717) is 6.54 Å². The van der Waals surface area contributed by atoms with Gasteiger partial charge < -0.3 is 10.2 Å². The minimum Gasteiger partial charge on any atom is -0.338 e. The Hall–Kier alpha value is -1.35. The Bertz CT molecular complexity index is 423. The fourth-order valence-electron chi connectivity index (χ4n) is 2.11. The molecule has 0 heterocycles. The molecule has 1 amide bonds. The SMILES string of the molecule is Cc1ccc(C(C)N(C)C(=O)CNCC2CC2)cc1. The second-order valence-corrected chi connectivity index (χ2v) is 5.67. The predicted molar refractivity (Wildman–Crippen MR) is 78.0 cm³/mol. The van der Waals surface area contributed by atoms with Crippen molar-refractivity contribution in [3.05, 3.63) is 35.4 Å². The first-order chi connectivity index (χ1) is 9.08. The van der Waals surface area contributed by atoms with E-state index in [0.717, 1.165) is 12.5 Å². The van der Waals surface area contributed by atoms with Gasteiger partial charge in [0.2, 0.25) is 5.91 Å². The summed E-state index contributed by atoms with van der Waals surface area (Å²) in [4.78, 5) is 13.9. The lowest BCUT2D eigenvalue weighted by Gasteiger charge is -2.25. The zero-order chi connectivity index (χ0) is 13.8. The van der Waals surface area contributed by atoms with Crippen LogP contribution in [0.5, 0.6) is 0 Å². The summed E-state index contributed by atoms with van der Waals surface area (Å²) in [5.74, 6) is 0.973. The number of nitrogens with one attached hydrogen (secondary N) is 1. The van der Waals surface area contributed by atoms with Gasteiger partial charge in [0.05, 0.1) is 12.6 Å². The molecule has 3 nitrogen and oxygen atoms in total. The third-order valence-electron chi connectivity index (χ3n) is 3.94. The molecule has 1 aliphatic carbocycles. The van der Waals surface area contributed by atoms with Crippen molar-refractivity contribution in [2.75, 3.05) is 20.1 Å². The van der Waals surface area contributed by atoms with E-state index in [2.05, 4.69) is 43.4 Å². The lowest BCUT2D eigenvalue weighted by atomic mass is 10.1. The van der Waals surface area contributed by atoms with E-state index < -0.39 is 0 Å². The van der Waals surface area contributed by atoms with Crippen LogP contribution in [0, 0.1) is 12.8 Å². The topological polar surface area (TPSA) is 32.3 Å². The lowest BCUT2D eigenvalue weighted by molar-refractivity contribution is -0.130. The number of benzene rings is 1. The molecule has 0 saturated heterocycles. The maximum absolute atomic E-state index is 12.1. The van der Waals surface area contributed by atoms with Crippen molar-refractivity contribution in [2.45, 2.75) is 32.7 Å². The van der Waals surface area contributed by atoms with Crippen molar-refractivity contribution in [3.8, 4) is 0 Å². The van der Waals surface area contributed by atoms with Crippen LogP contribution in [0.2, 0.25) is 0 Å². The highest BCUT2D eigenvalue weighted by Gasteiger charge is 2.22. The van der Waals surface area contributed by atoms with E-state index in [-0.39, 0.29) is 11.9 Å². The average molecular weight is 260 g/mol. The van der Waals surface area contributed by atoms with E-state index in [4.69, 9.17) is 0 Å². The number of carbonyl (C=O) groups is 1. The van der Waals surface area contributed by atoms with Gasteiger partial charge in [-0.2, -0.15) is 0 Å². The lowest BCUT2D eigenvalue weighted by Crippen LogP contribution is -2.37. The smallest absolute Gasteiger partial charge is 0.236 e. The number of likely N-dealkylation sites (N-methyl/N-ethyl adjacent to an activating group) is 1. The largest absolute Gasteiger partial charge is 0.338 e. The Balaban J connectivity index is 1.84. The zero-order valence-electron chi connectivity index (χ0n) is 12.1. The third-order valence-corrected chi connectivity index (χ3v) is 3.94. The van der Waals surface area contributed by atoms with Gasteiger partial charge in [0.1, 0.15) is 0 Å². The van der Waals surface area contributed by atoms with Gasteiger partial charge >= 0.3 is 0 Å². The molecule has 0 spiro atoms. The molecule has 1 N–H and O–H groups in total. The van der Waals surface area contributed by atoms with Crippen LogP contribution in [0.1, 0.15) is 36.9 Å². The molecule has 0 radical (unpaired) electrons. The molecule has 1 aromatic carbocycles. The molecule has 19 heavy (non-hydrogen) atoms. The molecular weight excluding hydrogens is 236 g/mol. The summed E-state index contributed by atoms with van der Waals surface area (Å²) in [6.45, 7) is 5.58. The molecule has 1 atom stereocenters. The minimum atomic E-state index is 0.121. The van der Waals surface area contributed by atoms with Gasteiger partial charge in [0.25, 0.3) is 0 Å². The molecule has 1 aliphatic rings. The number of aryl methyl sites for hydroxylation is 1. The molecule has 3 heteroatoms. The van der Waals surface area contributed by atoms with Gasteiger partial charge in [-0.1, -0.05) is 29.8 Å². The van der Waals surface area contributed by atoms with E-state index in [1.807, 2.05) is 11.9 Å². The van der Waals surface area contributed by atoms with Crippen molar-refractivity contribution in [1.82, 2.24) is 10.2 Å². The first kappa shape index (κ1) is 14.1. The van der Waals surface area contributed by atoms with Gasteiger partial charge in [-0.25, -0.2) is 0 Å². The second-order valence-electron chi connectivity index (χ2n) is 5.67. The van der Waals surface area contributed by atoms with Gasteiger partial charge in [-0.05, 0) is 44.7 Å². The summed E-state index contributed by atoms with van der Waals surface area (Å²) in [7, 11) is 1.88. The highest BCUT2D eigenvalue weighted by molar-refractivity contribution is 5.78. The fraction of sp³-hybridized carbons (Fsp3) is 0.562. The van der Waals surface area contributed by atoms with Crippen LogP contribution >= 0.6 is 0 Å². The summed E-state index contributed by atoms with van der Waals surface area (Å²) < 4.78 is 0. The van der Waals surface area contributed by atoms with Crippen molar-refractivity contribution < 1.29 is 4.79 Å². The van der Waals surface area contributed by atoms with Crippen LogP contribution in [-0.2, 0) is 4.79 Å². The molecule has 2 rings (SSSR count). The predicted octanol–water partition coefficient (Wildman–Crippen LogP) is 2.51. The van der Waals surface area contributed by atoms with E-state index >= 15 is 0 Å². The van der Waals surface area contributed by atoms with Crippen molar-refractivity contribution in [2.24, 2.45) is 5.92 Å². The molecule has 1 aromatic rings. The van der Waals surface area contributed by atoms with Gasteiger partial charge in [0, 0.05) is 7.05 Å². The van der Waals surface area contributed by atoms with Crippen LogP contribution in [0.3, 0.4) is 0 Å². The molecule has 0 bridgehead atoms. The Kier molecular flexibility index (Phi) is 4.59. The molecule has 1 saturated carbocycles. The first-order valence-corrected chi connectivity index (χ1v) is 7.11. The Morgan fingerprint density at radius 3 is 2.58 bits per heavy atom. The maximum Gasteiger partial charge on any atom is 0.236 e. The molecule has 0 aromatic heterocycles. The summed E-state index contributed by atoms with van der Waals surface area (Å²) >= 11 is 0. The maximum atomic E-state index is 12.1. The van der Waals surface area contributed by atoms with Crippen LogP contribution < -0.4 is 5.32 Å². The molecular formula is C16H24N2O. The summed E-state index contributed by atoms with van der Waals surface area (Å²) in [6.07, 6.45) is 2.63. The van der Waals surface area contributed by atoms with E-state index in [9.17, 15) is 4.79 Å². The Labute approximate surface area is 116 Å². The Morgan fingerprint density at radius 2 is 2.00 bits per heavy atom. The molecule has 104 valence electrons. The minimum absolute atomic E-state index is 0.121. The number of nitrogens with zero attached hydrogens (tertiary/aromatic N) is 1. The first-order valence-electron chi connectivity index (χ1n) is 7.11. The van der Waals surface area contributed by atoms with Gasteiger partial charge in [-0.15, -0.1) is 0 Å². The summed E-state index contributed by atoms with van der Waals surface area (Å²) in [5, 5.41) is 3.25. The number of hydrogen-bond donors (Lipinski definition) is 1. The monoisotopic (exact) mass is 260 g/mol. The van der Waals surface area contributed by atoms with Crippen LogP contribution in [0.4, 0.5) is 0 Å². The highest BCUT2D eigenvalue weighted by Crippen LogP contribution is 2.27. The highest BCUT2D eigenvalue weighted by atomic mass is 16.2. The van der Waals surface area contributed by atoms with E-state index in [1.54, 1.807) is 0 Å². The number of rotatable bonds is 6. The van der Waals surface area contributed by atoms with Gasteiger partial charge in [-0.3, -0.25) is 4.79 Å². The average Bonchev–Trinajstić information content (AvgIpc) is 3.22. The van der Waals surface area contributed by atoms with Crippen LogP contribution in [0.15, 0.2) is 24.3 Å². The quantitative estimate of drug-likeness (QED) is 0.852. The zero-order valence-corrected chi connectivity index (χ0v) is 12.1. The number of carbonyl (C=O) groups excluding carboxylic acids is 1. The number of hydrogen-bond acceptors (Lipinski definition) is 2. The van der Waals surface area contributed by atoms with Gasteiger partial charge in [0.15, 0.2) is 0 Å². The fourth-order valence-corrected chi connectivity index (χ4v) is 2.11. The van der Waals surface area contributed by atoms with E-state index in [1.165, 1.54) is 24.0 Å². The third kappa shape index (κ3) is 4.06. The summed E-state index contributed by atoms with van der Waals surface area (Å²) in [5.41, 5.74) is 2.43. The van der Waals surface area contributed by atoms with Crippen LogP contribution in [-0.4, -0.2) is 30.9 Å². The van der Waals surface area contributed by atoms with Crippen LogP contribution in [0.25, 0.3) is 0 Å². The Morgan fingerprint density at radius 1 is 1.37 bits per heavy atom. The molecule has 0 aliphatic heterocycles. The second kappa shape index (κ2) is 6.20. The van der Waals surface area contributed by atoms with Crippen molar-refractivity contribution in [3.63, 3.8) is 0 Å². The van der Waals surface area contributed by atoms with Crippen molar-refractivity contribution >= 4 is 5.91 Å². The summed E-state index contributed by atoms with van der Waals surface area (Å²) in [6, 6.07) is 8.50. The molecule has 1 unspecified atom stereocenters.